The first-order chi connectivity index (χ1) is 15.8. The Morgan fingerprint density at radius 1 is 1.09 bits per heavy atom. The third kappa shape index (κ3) is 4.87. The second-order valence-electron chi connectivity index (χ2n) is 7.24. The minimum atomic E-state index is -3.67. The van der Waals surface area contributed by atoms with E-state index in [4.69, 9.17) is 17.0 Å². The lowest BCUT2D eigenvalue weighted by Gasteiger charge is -2.19. The van der Waals surface area contributed by atoms with Gasteiger partial charge in [0, 0.05) is 17.8 Å². The van der Waals surface area contributed by atoms with Crippen LogP contribution in [0, 0.1) is 0 Å². The molecule has 0 saturated heterocycles. The van der Waals surface area contributed by atoms with Crippen LogP contribution in [0.1, 0.15) is 15.9 Å². The Hall–Kier alpha value is -2.95. The van der Waals surface area contributed by atoms with E-state index in [0.29, 0.717) is 40.1 Å². The second-order valence-corrected chi connectivity index (χ2v) is 10.4. The quantitative estimate of drug-likeness (QED) is 0.464. The zero-order chi connectivity index (χ0) is 23.6. The van der Waals surface area contributed by atoms with Crippen molar-refractivity contribution in [3.63, 3.8) is 0 Å². The van der Waals surface area contributed by atoms with Crippen molar-refractivity contribution in [3.05, 3.63) is 82.3 Å². The van der Waals surface area contributed by atoms with E-state index >= 15 is 0 Å². The average molecular weight is 546 g/mol. The number of fused-ring (bicyclic) bond motifs is 1. The van der Waals surface area contributed by atoms with Crippen molar-refractivity contribution < 1.29 is 17.9 Å². The first kappa shape index (κ1) is 23.2. The molecule has 2 N–H and O–H groups in total. The molecule has 0 saturated carbocycles. The van der Waals surface area contributed by atoms with Crippen molar-refractivity contribution >= 4 is 60.6 Å². The molecule has 4 rings (SSSR count). The molecule has 170 valence electrons. The van der Waals surface area contributed by atoms with Crippen LogP contribution in [0.3, 0.4) is 0 Å². The Bertz CT molecular complexity index is 1330. The first-order valence-electron chi connectivity index (χ1n) is 9.96. The normalized spacial score (nSPS) is 12.7. The molecule has 1 amide bonds. The summed E-state index contributed by atoms with van der Waals surface area (Å²) in [6.07, 6.45) is 0.688. The summed E-state index contributed by atoms with van der Waals surface area (Å²) in [4.78, 5) is 12.6. The number of halogens is 1. The number of methoxy groups -OCH3 is 1. The number of sulfonamides is 1. The summed E-state index contributed by atoms with van der Waals surface area (Å²) in [6.45, 7) is 0.416. The Balaban J connectivity index is 1.42. The van der Waals surface area contributed by atoms with Crippen molar-refractivity contribution in [3.8, 4) is 5.75 Å². The number of anilines is 2. The number of rotatable bonds is 5. The summed E-state index contributed by atoms with van der Waals surface area (Å²) < 4.78 is 33.5. The summed E-state index contributed by atoms with van der Waals surface area (Å²) >= 11 is 8.57. The fourth-order valence-corrected chi connectivity index (χ4v) is 5.79. The van der Waals surface area contributed by atoms with Gasteiger partial charge in [-0.3, -0.25) is 14.4 Å². The minimum Gasteiger partial charge on any atom is -0.496 e. The third-order valence-corrected chi connectivity index (χ3v) is 7.84. The van der Waals surface area contributed by atoms with Gasteiger partial charge >= 0.3 is 0 Å². The van der Waals surface area contributed by atoms with E-state index in [2.05, 4.69) is 26.6 Å². The van der Waals surface area contributed by atoms with E-state index in [-0.39, 0.29) is 15.9 Å². The number of nitrogens with one attached hydrogen (secondary N) is 2. The number of carbonyl (C=O) groups is 1. The highest BCUT2D eigenvalue weighted by Crippen LogP contribution is 2.33. The van der Waals surface area contributed by atoms with Gasteiger partial charge in [-0.05, 0) is 88.7 Å². The molecular weight excluding hydrogens is 526 g/mol. The van der Waals surface area contributed by atoms with Crippen molar-refractivity contribution in [2.24, 2.45) is 0 Å². The van der Waals surface area contributed by atoms with Crippen LogP contribution in [0.4, 0.5) is 11.4 Å². The van der Waals surface area contributed by atoms with Gasteiger partial charge in [-0.15, -0.1) is 0 Å². The van der Waals surface area contributed by atoms with Crippen LogP contribution in [0.2, 0.25) is 0 Å². The van der Waals surface area contributed by atoms with E-state index in [1.807, 2.05) is 24.3 Å². The number of thiocarbonyl (C=S) groups is 1. The maximum absolute atomic E-state index is 13.1. The van der Waals surface area contributed by atoms with Gasteiger partial charge in [0.1, 0.15) is 5.75 Å². The predicted octanol–water partition coefficient (Wildman–Crippen LogP) is 4.34. The Morgan fingerprint density at radius 3 is 2.52 bits per heavy atom. The molecule has 0 spiro atoms. The summed E-state index contributed by atoms with van der Waals surface area (Å²) in [5.41, 5.74) is 2.69. The summed E-state index contributed by atoms with van der Waals surface area (Å²) in [7, 11) is -2.13. The van der Waals surface area contributed by atoms with Gasteiger partial charge in [-0.1, -0.05) is 18.2 Å². The number of nitrogens with zero attached hydrogens (tertiary/aromatic N) is 1. The Labute approximate surface area is 205 Å². The molecule has 7 nitrogen and oxygen atoms in total. The molecule has 33 heavy (non-hydrogen) atoms. The highest BCUT2D eigenvalue weighted by atomic mass is 79.9. The minimum absolute atomic E-state index is 0.0935. The number of ether oxygens (including phenoxy) is 1. The van der Waals surface area contributed by atoms with Gasteiger partial charge in [0.2, 0.25) is 0 Å². The average Bonchev–Trinajstić information content (AvgIpc) is 3.24. The van der Waals surface area contributed by atoms with Crippen molar-refractivity contribution in [1.29, 1.82) is 0 Å². The van der Waals surface area contributed by atoms with Crippen LogP contribution in [-0.4, -0.2) is 33.1 Å². The molecule has 0 aromatic heterocycles. The fourth-order valence-electron chi connectivity index (χ4n) is 3.54. The number of amides is 1. The lowest BCUT2D eigenvalue weighted by atomic mass is 10.2. The highest BCUT2D eigenvalue weighted by molar-refractivity contribution is 9.10. The molecule has 1 aliphatic rings. The molecular formula is C23H20BrN3O4S2. The number of para-hydroxylation sites is 1. The number of hydrogen-bond donors (Lipinski definition) is 2. The molecule has 0 atom stereocenters. The van der Waals surface area contributed by atoms with Crippen LogP contribution in [0.25, 0.3) is 0 Å². The van der Waals surface area contributed by atoms with Gasteiger partial charge in [0.25, 0.3) is 15.9 Å². The summed E-state index contributed by atoms with van der Waals surface area (Å²) in [6, 6.07) is 18.7. The SMILES string of the molecule is COc1ccc(C(=O)NC(=S)Nc2ccc(S(=O)(=O)N3CCc4ccccc43)cc2)cc1Br. The largest absolute Gasteiger partial charge is 0.496 e. The number of hydrogen-bond acceptors (Lipinski definition) is 5. The van der Waals surface area contributed by atoms with Crippen LogP contribution >= 0.6 is 28.1 Å². The number of carbonyl (C=O) groups excluding carboxylic acids is 1. The lowest BCUT2D eigenvalue weighted by Crippen LogP contribution is -2.34. The van der Waals surface area contributed by atoms with Crippen molar-refractivity contribution in [1.82, 2.24) is 5.32 Å². The van der Waals surface area contributed by atoms with Crippen molar-refractivity contribution in [2.75, 3.05) is 23.3 Å². The smallest absolute Gasteiger partial charge is 0.264 e. The van der Waals surface area contributed by atoms with E-state index in [1.54, 1.807) is 37.4 Å². The first-order valence-corrected chi connectivity index (χ1v) is 12.6. The maximum atomic E-state index is 13.1. The molecule has 3 aromatic carbocycles. The zero-order valence-corrected chi connectivity index (χ0v) is 20.8. The predicted molar refractivity (Wildman–Crippen MR) is 136 cm³/mol. The molecule has 1 heterocycles. The van der Waals surface area contributed by atoms with E-state index in [1.165, 1.54) is 16.4 Å². The van der Waals surface area contributed by atoms with Crippen molar-refractivity contribution in [2.45, 2.75) is 11.3 Å². The van der Waals surface area contributed by atoms with Gasteiger partial charge in [0.05, 0.1) is 22.2 Å². The van der Waals surface area contributed by atoms with Gasteiger partial charge < -0.3 is 10.1 Å². The molecule has 0 aliphatic carbocycles. The topological polar surface area (TPSA) is 87.7 Å². The van der Waals surface area contributed by atoms with E-state index < -0.39 is 10.0 Å². The molecule has 0 bridgehead atoms. The zero-order valence-electron chi connectivity index (χ0n) is 17.5. The standard InChI is InChI=1S/C23H20BrN3O4S2/c1-31-21-11-6-16(14-19(21)24)22(28)26-23(32)25-17-7-9-18(10-8-17)33(29,30)27-13-12-15-4-2-3-5-20(15)27/h2-11,14H,12-13H2,1H3,(H2,25,26,28,32). The Morgan fingerprint density at radius 2 is 1.82 bits per heavy atom. The third-order valence-electron chi connectivity index (χ3n) is 5.19. The monoisotopic (exact) mass is 545 g/mol. The molecule has 0 fully saturated rings. The Kier molecular flexibility index (Phi) is 6.68. The summed E-state index contributed by atoms with van der Waals surface area (Å²) in [5, 5.41) is 5.60. The molecule has 3 aromatic rings. The highest BCUT2D eigenvalue weighted by Gasteiger charge is 2.30. The molecule has 0 radical (unpaired) electrons. The van der Waals surface area contributed by atoms with Gasteiger partial charge in [-0.2, -0.15) is 0 Å². The summed E-state index contributed by atoms with van der Waals surface area (Å²) in [5.74, 6) is 0.225. The van der Waals surface area contributed by atoms with Crippen LogP contribution in [0.5, 0.6) is 5.75 Å². The lowest BCUT2D eigenvalue weighted by molar-refractivity contribution is 0.0977. The van der Waals surface area contributed by atoms with E-state index in [9.17, 15) is 13.2 Å². The van der Waals surface area contributed by atoms with Gasteiger partial charge in [-0.25, -0.2) is 8.42 Å². The van der Waals surface area contributed by atoms with Gasteiger partial charge in [0.15, 0.2) is 5.11 Å². The number of benzene rings is 3. The molecule has 1 aliphatic heterocycles. The van der Waals surface area contributed by atoms with Crippen LogP contribution in [-0.2, 0) is 16.4 Å². The van der Waals surface area contributed by atoms with Crippen LogP contribution in [0.15, 0.2) is 76.1 Å². The second kappa shape index (κ2) is 9.50. The fraction of sp³-hybridized carbons (Fsp3) is 0.130. The van der Waals surface area contributed by atoms with E-state index in [0.717, 1.165) is 5.56 Å². The maximum Gasteiger partial charge on any atom is 0.264 e. The van der Waals surface area contributed by atoms with Crippen LogP contribution < -0.4 is 19.7 Å². The molecule has 0 unspecified atom stereocenters. The molecule has 10 heteroatoms.